The predicted molar refractivity (Wildman–Crippen MR) is 111 cm³/mol. The first kappa shape index (κ1) is 20.0. The molecular formula is C18H17Cl2IN2O2. The Labute approximate surface area is 170 Å². The Hall–Kier alpha value is -1.31. The smallest absolute Gasteiger partial charge is 0.257 e. The number of hydrogen-bond donors (Lipinski definition) is 2. The van der Waals surface area contributed by atoms with E-state index < -0.39 is 5.91 Å². The molecule has 0 aromatic heterocycles. The molecule has 0 fully saturated rings. The summed E-state index contributed by atoms with van der Waals surface area (Å²) >= 11 is 14.1. The zero-order valence-corrected chi connectivity index (χ0v) is 17.4. The third-order valence-electron chi connectivity index (χ3n) is 3.32. The lowest BCUT2D eigenvalue weighted by Crippen LogP contribution is -2.28. The number of anilines is 1. The van der Waals surface area contributed by atoms with Gasteiger partial charge in [-0.3, -0.25) is 9.59 Å². The van der Waals surface area contributed by atoms with Crippen molar-refractivity contribution in [2.24, 2.45) is 5.92 Å². The number of nitrogens with one attached hydrogen (secondary N) is 2. The Morgan fingerprint density at radius 1 is 1.04 bits per heavy atom. The minimum atomic E-state index is -0.402. The lowest BCUT2D eigenvalue weighted by molar-refractivity contribution is 0.0950. The highest BCUT2D eigenvalue weighted by Gasteiger charge is 2.17. The quantitative estimate of drug-likeness (QED) is 0.563. The van der Waals surface area contributed by atoms with Crippen molar-refractivity contribution in [1.82, 2.24) is 5.32 Å². The van der Waals surface area contributed by atoms with Gasteiger partial charge < -0.3 is 10.6 Å². The SMILES string of the molecule is CC(C)CNC(=O)c1cc(I)ccc1NC(=O)c1ccc(Cl)cc1Cl. The van der Waals surface area contributed by atoms with Gasteiger partial charge in [-0.1, -0.05) is 37.0 Å². The van der Waals surface area contributed by atoms with Gasteiger partial charge in [-0.2, -0.15) is 0 Å². The molecule has 0 aliphatic rings. The highest BCUT2D eigenvalue weighted by molar-refractivity contribution is 14.1. The zero-order valence-electron chi connectivity index (χ0n) is 13.7. The molecule has 0 spiro atoms. The Kier molecular flexibility index (Phi) is 7.10. The molecule has 0 radical (unpaired) electrons. The lowest BCUT2D eigenvalue weighted by Gasteiger charge is -2.13. The summed E-state index contributed by atoms with van der Waals surface area (Å²) in [5.41, 5.74) is 1.13. The monoisotopic (exact) mass is 490 g/mol. The standard InChI is InChI=1S/C18H17Cl2IN2O2/c1-10(2)9-22-17(24)14-8-12(21)4-6-16(14)23-18(25)13-5-3-11(19)7-15(13)20/h3-8,10H,9H2,1-2H3,(H,22,24)(H,23,25). The van der Waals surface area contributed by atoms with Crippen LogP contribution in [0.5, 0.6) is 0 Å². The summed E-state index contributed by atoms with van der Waals surface area (Å²) in [5, 5.41) is 6.31. The van der Waals surface area contributed by atoms with Crippen LogP contribution in [-0.2, 0) is 0 Å². The fourth-order valence-corrected chi connectivity index (χ4v) is 3.05. The molecule has 0 unspecified atom stereocenters. The van der Waals surface area contributed by atoms with Gasteiger partial charge in [0.2, 0.25) is 0 Å². The van der Waals surface area contributed by atoms with Gasteiger partial charge in [0.15, 0.2) is 0 Å². The van der Waals surface area contributed by atoms with Gasteiger partial charge >= 0.3 is 0 Å². The summed E-state index contributed by atoms with van der Waals surface area (Å²) in [7, 11) is 0. The van der Waals surface area contributed by atoms with Gasteiger partial charge in [0, 0.05) is 15.1 Å². The average molecular weight is 491 g/mol. The number of amides is 2. The number of hydrogen-bond acceptors (Lipinski definition) is 2. The van der Waals surface area contributed by atoms with Crippen LogP contribution in [0.1, 0.15) is 34.6 Å². The summed E-state index contributed by atoms with van der Waals surface area (Å²) < 4.78 is 0.898. The molecule has 0 saturated carbocycles. The summed E-state index contributed by atoms with van der Waals surface area (Å²) in [6.45, 7) is 4.58. The molecule has 2 amide bonds. The third kappa shape index (κ3) is 5.59. The van der Waals surface area contributed by atoms with Crippen LogP contribution in [0.15, 0.2) is 36.4 Å². The van der Waals surface area contributed by atoms with Gasteiger partial charge in [-0.25, -0.2) is 0 Å². The number of halogens is 3. The molecule has 7 heteroatoms. The van der Waals surface area contributed by atoms with Crippen LogP contribution in [-0.4, -0.2) is 18.4 Å². The van der Waals surface area contributed by atoms with Crippen LogP contribution in [0.3, 0.4) is 0 Å². The van der Waals surface area contributed by atoms with Gasteiger partial charge in [-0.15, -0.1) is 0 Å². The maximum absolute atomic E-state index is 12.5. The summed E-state index contributed by atoms with van der Waals surface area (Å²) in [4.78, 5) is 24.9. The summed E-state index contributed by atoms with van der Waals surface area (Å²) in [5.74, 6) is -0.303. The molecule has 2 aromatic carbocycles. The van der Waals surface area contributed by atoms with Crippen LogP contribution in [0, 0.1) is 9.49 Å². The highest BCUT2D eigenvalue weighted by Crippen LogP contribution is 2.24. The molecule has 132 valence electrons. The number of carbonyl (C=O) groups excluding carboxylic acids is 2. The molecule has 25 heavy (non-hydrogen) atoms. The van der Waals surface area contributed by atoms with E-state index in [0.29, 0.717) is 28.7 Å². The zero-order chi connectivity index (χ0) is 18.6. The van der Waals surface area contributed by atoms with Gasteiger partial charge in [0.25, 0.3) is 11.8 Å². The second-order valence-corrected chi connectivity index (χ2v) is 7.96. The summed E-state index contributed by atoms with van der Waals surface area (Å²) in [6.07, 6.45) is 0. The van der Waals surface area contributed by atoms with Crippen LogP contribution in [0.25, 0.3) is 0 Å². The fraction of sp³-hybridized carbons (Fsp3) is 0.222. The maximum Gasteiger partial charge on any atom is 0.257 e. The van der Waals surface area contributed by atoms with Crippen molar-refractivity contribution in [1.29, 1.82) is 0 Å². The van der Waals surface area contributed by atoms with Crippen molar-refractivity contribution in [3.05, 3.63) is 61.1 Å². The molecule has 0 bridgehead atoms. The lowest BCUT2D eigenvalue weighted by atomic mass is 10.1. The van der Waals surface area contributed by atoms with Gasteiger partial charge in [0.1, 0.15) is 0 Å². The molecule has 2 aromatic rings. The molecule has 0 saturated heterocycles. The van der Waals surface area contributed by atoms with E-state index in [-0.39, 0.29) is 16.5 Å². The van der Waals surface area contributed by atoms with E-state index in [1.54, 1.807) is 24.3 Å². The summed E-state index contributed by atoms with van der Waals surface area (Å²) in [6, 6.07) is 9.89. The Morgan fingerprint density at radius 2 is 1.76 bits per heavy atom. The molecule has 0 atom stereocenters. The van der Waals surface area contributed by atoms with Crippen LogP contribution < -0.4 is 10.6 Å². The molecular weight excluding hydrogens is 474 g/mol. The third-order valence-corrected chi connectivity index (χ3v) is 4.54. The number of rotatable bonds is 5. The van der Waals surface area contributed by atoms with Crippen LogP contribution in [0.2, 0.25) is 10.0 Å². The van der Waals surface area contributed by atoms with Crippen molar-refractivity contribution in [2.75, 3.05) is 11.9 Å². The van der Waals surface area contributed by atoms with E-state index in [0.717, 1.165) is 3.57 Å². The molecule has 0 aliphatic carbocycles. The Morgan fingerprint density at radius 3 is 2.40 bits per heavy atom. The second-order valence-electron chi connectivity index (χ2n) is 5.87. The van der Waals surface area contributed by atoms with Crippen molar-refractivity contribution in [3.63, 3.8) is 0 Å². The molecule has 0 heterocycles. The van der Waals surface area contributed by atoms with Gasteiger partial charge in [0.05, 0.1) is 21.8 Å². The molecule has 4 nitrogen and oxygen atoms in total. The first-order valence-corrected chi connectivity index (χ1v) is 9.45. The Balaban J connectivity index is 2.26. The first-order chi connectivity index (χ1) is 11.8. The van der Waals surface area contributed by atoms with E-state index in [9.17, 15) is 9.59 Å². The Bertz CT molecular complexity index is 810. The van der Waals surface area contributed by atoms with Crippen LogP contribution in [0.4, 0.5) is 5.69 Å². The fourth-order valence-electron chi connectivity index (χ4n) is 2.07. The molecule has 2 N–H and O–H groups in total. The minimum absolute atomic E-state index is 0.232. The average Bonchev–Trinajstić information content (AvgIpc) is 2.54. The van der Waals surface area contributed by atoms with E-state index in [4.69, 9.17) is 23.2 Å². The van der Waals surface area contributed by atoms with Crippen LogP contribution >= 0.6 is 45.8 Å². The number of carbonyl (C=O) groups is 2. The molecule has 2 rings (SSSR count). The van der Waals surface area contributed by atoms with Crippen molar-refractivity contribution in [3.8, 4) is 0 Å². The van der Waals surface area contributed by atoms with Gasteiger partial charge in [-0.05, 0) is 64.9 Å². The maximum atomic E-state index is 12.5. The normalized spacial score (nSPS) is 10.6. The van der Waals surface area contributed by atoms with Crippen molar-refractivity contribution < 1.29 is 9.59 Å². The van der Waals surface area contributed by atoms with E-state index in [1.807, 2.05) is 19.9 Å². The van der Waals surface area contributed by atoms with E-state index in [2.05, 4.69) is 33.2 Å². The number of benzene rings is 2. The largest absolute Gasteiger partial charge is 0.352 e. The topological polar surface area (TPSA) is 58.2 Å². The minimum Gasteiger partial charge on any atom is -0.352 e. The van der Waals surface area contributed by atoms with E-state index in [1.165, 1.54) is 6.07 Å². The second kappa shape index (κ2) is 8.87. The molecule has 0 aliphatic heterocycles. The van der Waals surface area contributed by atoms with E-state index >= 15 is 0 Å². The van der Waals surface area contributed by atoms with Crippen molar-refractivity contribution in [2.45, 2.75) is 13.8 Å². The first-order valence-electron chi connectivity index (χ1n) is 7.62. The predicted octanol–water partition coefficient (Wildman–Crippen LogP) is 5.24. The van der Waals surface area contributed by atoms with Crippen molar-refractivity contribution >= 4 is 63.3 Å². The highest BCUT2D eigenvalue weighted by atomic mass is 127.